The molecular weight excluding hydrogens is 182 g/mol. The van der Waals surface area contributed by atoms with Crippen molar-refractivity contribution in [2.75, 3.05) is 14.2 Å². The number of carbonyl (C=O) groups is 2. The quantitative estimate of drug-likeness (QED) is 0.695. The van der Waals surface area contributed by atoms with E-state index in [-0.39, 0.29) is 17.7 Å². The highest BCUT2D eigenvalue weighted by atomic mass is 16.5. The number of nitrogens with zero attached hydrogens (tertiary/aromatic N) is 1. The molecule has 0 fully saturated rings. The normalized spacial score (nSPS) is 12.4. The molecule has 14 heavy (non-hydrogen) atoms. The highest BCUT2D eigenvalue weighted by Crippen LogP contribution is 2.10. The number of Topliss-reactive ketones (excluding diaryl/α,β-unsaturated/α-hetero) is 1. The average molecular weight is 201 g/mol. The molecule has 82 valence electrons. The number of hydrogen-bond donors (Lipinski definition) is 0. The second-order valence-corrected chi connectivity index (χ2v) is 3.56. The minimum Gasteiger partial charge on any atom is -0.453 e. The Bertz CT molecular complexity index is 213. The zero-order chi connectivity index (χ0) is 11.3. The van der Waals surface area contributed by atoms with Gasteiger partial charge in [-0.1, -0.05) is 20.8 Å². The van der Waals surface area contributed by atoms with Crippen LogP contribution in [0.15, 0.2) is 0 Å². The van der Waals surface area contributed by atoms with Gasteiger partial charge in [0.25, 0.3) is 0 Å². The van der Waals surface area contributed by atoms with Crippen LogP contribution in [-0.2, 0) is 9.53 Å². The van der Waals surface area contributed by atoms with Crippen LogP contribution < -0.4 is 0 Å². The molecule has 0 aliphatic rings. The largest absolute Gasteiger partial charge is 0.453 e. The van der Waals surface area contributed by atoms with Crippen molar-refractivity contribution in [1.29, 1.82) is 0 Å². The van der Waals surface area contributed by atoms with Crippen LogP contribution in [0.4, 0.5) is 4.79 Å². The highest BCUT2D eigenvalue weighted by Gasteiger charge is 2.27. The van der Waals surface area contributed by atoms with E-state index in [1.54, 1.807) is 7.05 Å². The minimum atomic E-state index is -0.467. The van der Waals surface area contributed by atoms with Crippen molar-refractivity contribution >= 4 is 11.9 Å². The minimum absolute atomic E-state index is 0.0629. The van der Waals surface area contributed by atoms with Gasteiger partial charge in [0.15, 0.2) is 5.78 Å². The molecule has 0 spiro atoms. The lowest BCUT2D eigenvalue weighted by atomic mass is 9.99. The summed E-state index contributed by atoms with van der Waals surface area (Å²) in [6.45, 7) is 5.54. The Kier molecular flexibility index (Phi) is 5.20. The molecule has 4 heteroatoms. The van der Waals surface area contributed by atoms with Gasteiger partial charge in [0, 0.05) is 13.0 Å². The molecule has 0 aromatic rings. The van der Waals surface area contributed by atoms with Crippen LogP contribution in [0, 0.1) is 5.92 Å². The van der Waals surface area contributed by atoms with E-state index < -0.39 is 6.09 Å². The molecule has 4 nitrogen and oxygen atoms in total. The zero-order valence-corrected chi connectivity index (χ0v) is 9.53. The second-order valence-electron chi connectivity index (χ2n) is 3.56. The molecule has 0 saturated heterocycles. The molecule has 0 aromatic heterocycles. The molecule has 0 bridgehead atoms. The van der Waals surface area contributed by atoms with Gasteiger partial charge in [-0.3, -0.25) is 4.79 Å². The highest BCUT2D eigenvalue weighted by molar-refractivity contribution is 5.88. The van der Waals surface area contributed by atoms with Gasteiger partial charge in [-0.2, -0.15) is 0 Å². The number of ether oxygens (including phenoxy) is 1. The fourth-order valence-corrected chi connectivity index (χ4v) is 1.32. The van der Waals surface area contributed by atoms with Crippen molar-refractivity contribution in [1.82, 2.24) is 4.90 Å². The van der Waals surface area contributed by atoms with Gasteiger partial charge in [-0.15, -0.1) is 0 Å². The van der Waals surface area contributed by atoms with Gasteiger partial charge in [0.2, 0.25) is 0 Å². The lowest BCUT2D eigenvalue weighted by Gasteiger charge is -2.25. The molecule has 0 rings (SSSR count). The van der Waals surface area contributed by atoms with Crippen LogP contribution in [0.5, 0.6) is 0 Å². The number of amides is 1. The summed E-state index contributed by atoms with van der Waals surface area (Å²) < 4.78 is 4.56. The van der Waals surface area contributed by atoms with E-state index >= 15 is 0 Å². The van der Waals surface area contributed by atoms with E-state index in [9.17, 15) is 9.59 Å². The molecule has 0 aliphatic heterocycles. The molecule has 0 aliphatic carbocycles. The summed E-state index contributed by atoms with van der Waals surface area (Å²) in [4.78, 5) is 24.2. The fourth-order valence-electron chi connectivity index (χ4n) is 1.32. The summed E-state index contributed by atoms with van der Waals surface area (Å²) in [6.07, 6.45) is 0.147. The maximum atomic E-state index is 11.7. The van der Waals surface area contributed by atoms with Crippen molar-refractivity contribution in [2.45, 2.75) is 33.2 Å². The van der Waals surface area contributed by atoms with E-state index in [4.69, 9.17) is 0 Å². The van der Waals surface area contributed by atoms with Gasteiger partial charge < -0.3 is 9.64 Å². The number of carbonyl (C=O) groups excluding carboxylic acids is 2. The van der Waals surface area contributed by atoms with Crippen molar-refractivity contribution in [3.8, 4) is 0 Å². The molecule has 0 saturated carbocycles. The summed E-state index contributed by atoms with van der Waals surface area (Å²) in [5.41, 5.74) is 0. The summed E-state index contributed by atoms with van der Waals surface area (Å²) >= 11 is 0. The lowest BCUT2D eigenvalue weighted by Crippen LogP contribution is -2.43. The standard InChI is InChI=1S/C10H19NO3/c1-6-8(9(12)7(2)3)11(4)10(13)14-5/h7-8H,6H2,1-5H3. The third-order valence-electron chi connectivity index (χ3n) is 2.21. The molecule has 0 N–H and O–H groups in total. The van der Waals surface area contributed by atoms with Gasteiger partial charge in [-0.05, 0) is 6.42 Å². The number of ketones is 1. The summed E-state index contributed by atoms with van der Waals surface area (Å²) in [7, 11) is 2.89. The van der Waals surface area contributed by atoms with Crippen LogP contribution in [0.2, 0.25) is 0 Å². The van der Waals surface area contributed by atoms with Crippen LogP contribution in [0.1, 0.15) is 27.2 Å². The van der Waals surface area contributed by atoms with E-state index in [2.05, 4.69) is 4.74 Å². The topological polar surface area (TPSA) is 46.6 Å². The first-order chi connectivity index (χ1) is 6.45. The first-order valence-electron chi connectivity index (χ1n) is 4.80. The molecule has 1 amide bonds. The Labute approximate surface area is 85.2 Å². The Morgan fingerprint density at radius 3 is 2.14 bits per heavy atom. The van der Waals surface area contributed by atoms with E-state index in [0.29, 0.717) is 6.42 Å². The van der Waals surface area contributed by atoms with Crippen LogP contribution in [0.3, 0.4) is 0 Å². The van der Waals surface area contributed by atoms with E-state index in [1.165, 1.54) is 12.0 Å². The van der Waals surface area contributed by atoms with Crippen LogP contribution >= 0.6 is 0 Å². The number of rotatable bonds is 4. The number of likely N-dealkylation sites (N-methyl/N-ethyl adjacent to an activating group) is 1. The summed E-state index contributed by atoms with van der Waals surface area (Å²) in [6, 6.07) is -0.373. The van der Waals surface area contributed by atoms with Gasteiger partial charge >= 0.3 is 6.09 Å². The van der Waals surface area contributed by atoms with Gasteiger partial charge in [-0.25, -0.2) is 4.79 Å². The maximum Gasteiger partial charge on any atom is 0.409 e. The third kappa shape index (κ3) is 3.01. The molecule has 0 aromatic carbocycles. The lowest BCUT2D eigenvalue weighted by molar-refractivity contribution is -0.126. The van der Waals surface area contributed by atoms with E-state index in [0.717, 1.165) is 0 Å². The Morgan fingerprint density at radius 2 is 1.86 bits per heavy atom. The zero-order valence-electron chi connectivity index (χ0n) is 9.53. The summed E-state index contributed by atoms with van der Waals surface area (Å²) in [5, 5.41) is 0. The number of methoxy groups -OCH3 is 1. The average Bonchev–Trinajstić information content (AvgIpc) is 2.17. The Hall–Kier alpha value is -1.06. The first-order valence-corrected chi connectivity index (χ1v) is 4.80. The molecule has 0 radical (unpaired) electrons. The van der Waals surface area contributed by atoms with Crippen molar-refractivity contribution in [3.63, 3.8) is 0 Å². The molecule has 0 heterocycles. The maximum absolute atomic E-state index is 11.7. The summed E-state index contributed by atoms with van der Waals surface area (Å²) in [5.74, 6) is 0.00690. The molecule has 1 unspecified atom stereocenters. The smallest absolute Gasteiger partial charge is 0.409 e. The van der Waals surface area contributed by atoms with Gasteiger partial charge in [0.1, 0.15) is 0 Å². The van der Waals surface area contributed by atoms with Crippen molar-refractivity contribution in [3.05, 3.63) is 0 Å². The van der Waals surface area contributed by atoms with Crippen molar-refractivity contribution in [2.24, 2.45) is 5.92 Å². The molecule has 1 atom stereocenters. The molecular formula is C10H19NO3. The third-order valence-corrected chi connectivity index (χ3v) is 2.21. The predicted octanol–water partition coefficient (Wildman–Crippen LogP) is 1.69. The van der Waals surface area contributed by atoms with E-state index in [1.807, 2.05) is 20.8 Å². The van der Waals surface area contributed by atoms with Crippen LogP contribution in [-0.4, -0.2) is 37.0 Å². The Balaban J connectivity index is 4.55. The van der Waals surface area contributed by atoms with Crippen molar-refractivity contribution < 1.29 is 14.3 Å². The Morgan fingerprint density at radius 1 is 1.36 bits per heavy atom. The van der Waals surface area contributed by atoms with Gasteiger partial charge in [0.05, 0.1) is 13.2 Å². The SMILES string of the molecule is CCC(C(=O)C(C)C)N(C)C(=O)OC. The first kappa shape index (κ1) is 12.9. The predicted molar refractivity (Wildman–Crippen MR) is 54.1 cm³/mol. The second kappa shape index (κ2) is 5.62. The number of hydrogen-bond acceptors (Lipinski definition) is 3. The van der Waals surface area contributed by atoms with Crippen LogP contribution in [0.25, 0.3) is 0 Å². The monoisotopic (exact) mass is 201 g/mol. The fraction of sp³-hybridized carbons (Fsp3) is 0.800.